The third-order valence-corrected chi connectivity index (χ3v) is 8.00. The minimum absolute atomic E-state index is 0. The van der Waals surface area contributed by atoms with Gasteiger partial charge in [-0.25, -0.2) is 13.1 Å². The average Bonchev–Trinajstić information content (AvgIpc) is 3.20. The lowest BCUT2D eigenvalue weighted by Crippen LogP contribution is -2.34. The summed E-state index contributed by atoms with van der Waals surface area (Å²) in [6.07, 6.45) is 4.05. The highest BCUT2D eigenvalue weighted by Crippen LogP contribution is 2.32. The van der Waals surface area contributed by atoms with Crippen LogP contribution in [0, 0.1) is 6.92 Å². The number of nitrogens with zero attached hydrogens (tertiary/aromatic N) is 2. The molecule has 3 aromatic heterocycles. The molecule has 0 aromatic carbocycles. The van der Waals surface area contributed by atoms with E-state index in [0.717, 1.165) is 21.7 Å². The van der Waals surface area contributed by atoms with Crippen LogP contribution in [0.2, 0.25) is 0 Å². The van der Waals surface area contributed by atoms with E-state index in [-0.39, 0.29) is 29.8 Å². The molecule has 0 spiro atoms. The standard InChI is InChI=1S/C21H26N4O3S2.CH4/c1-5-15-11-17(14(2)24-21(15)26)19-8-9-20(29-19)30(27,28)23-13-18(25(3)4)16-7-6-10-22-12-16;/h6-12,18,23H,5,13H2,1-4H3,(H,24,26);1H4. The van der Waals surface area contributed by atoms with Crippen molar-refractivity contribution in [3.05, 3.63) is 69.9 Å². The molecule has 0 aliphatic rings. The zero-order valence-electron chi connectivity index (χ0n) is 17.5. The number of aryl methyl sites for hydroxylation is 2. The summed E-state index contributed by atoms with van der Waals surface area (Å²) in [6.45, 7) is 3.96. The maximum absolute atomic E-state index is 12.9. The minimum Gasteiger partial charge on any atom is -0.326 e. The number of likely N-dealkylation sites (N-methyl/N-ethyl adjacent to an activating group) is 1. The molecule has 1 unspecified atom stereocenters. The second kappa shape index (κ2) is 10.3. The van der Waals surface area contributed by atoms with Crippen molar-refractivity contribution in [3.8, 4) is 10.4 Å². The van der Waals surface area contributed by atoms with Crippen molar-refractivity contribution in [1.82, 2.24) is 19.6 Å². The summed E-state index contributed by atoms with van der Waals surface area (Å²) in [4.78, 5) is 21.7. The highest BCUT2D eigenvalue weighted by atomic mass is 32.2. The molecule has 0 aliphatic heterocycles. The Bertz CT molecular complexity index is 1170. The van der Waals surface area contributed by atoms with E-state index in [9.17, 15) is 13.2 Å². The van der Waals surface area contributed by atoms with E-state index in [1.165, 1.54) is 11.3 Å². The number of thiophene rings is 1. The van der Waals surface area contributed by atoms with Crippen molar-refractivity contribution in [2.45, 2.75) is 37.9 Å². The van der Waals surface area contributed by atoms with E-state index in [1.54, 1.807) is 24.5 Å². The Morgan fingerprint density at radius 3 is 2.61 bits per heavy atom. The molecule has 31 heavy (non-hydrogen) atoms. The normalized spacial score (nSPS) is 12.5. The zero-order valence-corrected chi connectivity index (χ0v) is 19.1. The second-order valence-corrected chi connectivity index (χ2v) is 10.3. The molecule has 0 aliphatic carbocycles. The molecular weight excluding hydrogens is 432 g/mol. The van der Waals surface area contributed by atoms with E-state index in [1.807, 2.05) is 51.0 Å². The number of aromatic nitrogens is 2. The quantitative estimate of drug-likeness (QED) is 0.533. The smallest absolute Gasteiger partial charge is 0.251 e. The first-order valence-electron chi connectivity index (χ1n) is 9.62. The lowest BCUT2D eigenvalue weighted by molar-refractivity contribution is 0.299. The molecule has 1 atom stereocenters. The van der Waals surface area contributed by atoms with Crippen LogP contribution in [0.5, 0.6) is 0 Å². The lowest BCUT2D eigenvalue weighted by Gasteiger charge is -2.24. The molecule has 2 N–H and O–H groups in total. The van der Waals surface area contributed by atoms with Crippen molar-refractivity contribution in [1.29, 1.82) is 0 Å². The molecule has 168 valence electrons. The van der Waals surface area contributed by atoms with Crippen molar-refractivity contribution in [2.24, 2.45) is 0 Å². The van der Waals surface area contributed by atoms with Crippen LogP contribution >= 0.6 is 11.3 Å². The van der Waals surface area contributed by atoms with Crippen LogP contribution in [0.25, 0.3) is 10.4 Å². The van der Waals surface area contributed by atoms with E-state index in [2.05, 4.69) is 14.7 Å². The fourth-order valence-electron chi connectivity index (χ4n) is 3.23. The number of hydrogen-bond donors (Lipinski definition) is 2. The topological polar surface area (TPSA) is 95.2 Å². The molecule has 3 aromatic rings. The fraction of sp³-hybridized carbons (Fsp3) is 0.364. The lowest BCUT2D eigenvalue weighted by atomic mass is 10.1. The molecule has 0 bridgehead atoms. The number of nitrogens with one attached hydrogen (secondary N) is 2. The van der Waals surface area contributed by atoms with Gasteiger partial charge in [-0.2, -0.15) is 0 Å². The SMILES string of the molecule is C.CCc1cc(-c2ccc(S(=O)(=O)NCC(c3cccnc3)N(C)C)s2)c(C)[nH]c1=O. The first kappa shape index (κ1) is 24.9. The summed E-state index contributed by atoms with van der Waals surface area (Å²) in [6, 6.07) is 8.86. The third-order valence-electron chi connectivity index (χ3n) is 4.97. The second-order valence-electron chi connectivity index (χ2n) is 7.25. The number of H-pyrrole nitrogens is 1. The summed E-state index contributed by atoms with van der Waals surface area (Å²) in [5.41, 5.74) is 3.08. The Labute approximate surface area is 188 Å². The number of rotatable bonds is 8. The van der Waals surface area contributed by atoms with Crippen molar-refractivity contribution in [3.63, 3.8) is 0 Å². The van der Waals surface area contributed by atoms with Crippen molar-refractivity contribution < 1.29 is 8.42 Å². The van der Waals surface area contributed by atoms with Crippen LogP contribution in [0.15, 0.2) is 51.7 Å². The Hall–Kier alpha value is -2.33. The van der Waals surface area contributed by atoms with Crippen LogP contribution in [0.1, 0.15) is 37.2 Å². The molecular formula is C22H30N4O3S2. The zero-order chi connectivity index (χ0) is 21.9. The van der Waals surface area contributed by atoms with E-state index < -0.39 is 10.0 Å². The Kier molecular flexibility index (Phi) is 8.30. The van der Waals surface area contributed by atoms with E-state index in [4.69, 9.17) is 0 Å². The summed E-state index contributed by atoms with van der Waals surface area (Å²) < 4.78 is 28.8. The molecule has 7 nitrogen and oxygen atoms in total. The summed E-state index contributed by atoms with van der Waals surface area (Å²) in [7, 11) is 0.133. The van der Waals surface area contributed by atoms with Gasteiger partial charge in [-0.1, -0.05) is 20.4 Å². The third kappa shape index (κ3) is 5.68. The van der Waals surface area contributed by atoms with Crippen molar-refractivity contribution >= 4 is 21.4 Å². The van der Waals surface area contributed by atoms with Crippen LogP contribution in [0.4, 0.5) is 0 Å². The maximum Gasteiger partial charge on any atom is 0.251 e. The first-order chi connectivity index (χ1) is 14.2. The van der Waals surface area contributed by atoms with Crippen LogP contribution in [-0.2, 0) is 16.4 Å². The summed E-state index contributed by atoms with van der Waals surface area (Å²) in [5, 5.41) is 0. The molecule has 3 heterocycles. The molecule has 9 heteroatoms. The minimum atomic E-state index is -3.67. The molecule has 0 radical (unpaired) electrons. The van der Waals surface area contributed by atoms with Gasteiger partial charge in [-0.3, -0.25) is 9.78 Å². The molecule has 0 saturated carbocycles. The van der Waals surface area contributed by atoms with Gasteiger partial charge in [0.25, 0.3) is 5.56 Å². The van der Waals surface area contributed by atoms with Gasteiger partial charge in [-0.15, -0.1) is 11.3 Å². The Balaban J connectivity index is 0.00000341. The maximum atomic E-state index is 12.9. The molecule has 0 amide bonds. The number of aromatic amines is 1. The highest BCUT2D eigenvalue weighted by Gasteiger charge is 2.22. The van der Waals surface area contributed by atoms with Crippen LogP contribution in [0.3, 0.4) is 0 Å². The van der Waals surface area contributed by atoms with Crippen LogP contribution < -0.4 is 10.3 Å². The van der Waals surface area contributed by atoms with Gasteiger partial charge >= 0.3 is 0 Å². The predicted molar refractivity (Wildman–Crippen MR) is 127 cm³/mol. The molecule has 3 rings (SSSR count). The van der Waals surface area contributed by atoms with Gasteiger partial charge in [0.2, 0.25) is 10.0 Å². The Morgan fingerprint density at radius 1 is 1.26 bits per heavy atom. The fourth-order valence-corrected chi connectivity index (χ4v) is 5.69. The number of sulfonamides is 1. The van der Waals surface area contributed by atoms with E-state index >= 15 is 0 Å². The van der Waals surface area contributed by atoms with Crippen LogP contribution in [-0.4, -0.2) is 43.9 Å². The van der Waals surface area contributed by atoms with Gasteiger partial charge in [0, 0.05) is 46.7 Å². The summed E-state index contributed by atoms with van der Waals surface area (Å²) in [5.74, 6) is 0. The van der Waals surface area contributed by atoms with Gasteiger partial charge in [0.05, 0.1) is 0 Å². The number of hydrogen-bond acceptors (Lipinski definition) is 6. The number of pyridine rings is 2. The van der Waals surface area contributed by atoms with Crippen molar-refractivity contribution in [2.75, 3.05) is 20.6 Å². The first-order valence-corrected chi connectivity index (χ1v) is 11.9. The summed E-state index contributed by atoms with van der Waals surface area (Å²) >= 11 is 1.19. The van der Waals surface area contributed by atoms with Gasteiger partial charge in [0.15, 0.2) is 0 Å². The molecule has 0 fully saturated rings. The average molecular weight is 463 g/mol. The molecule has 0 saturated heterocycles. The van der Waals surface area contributed by atoms with E-state index in [0.29, 0.717) is 12.0 Å². The highest BCUT2D eigenvalue weighted by molar-refractivity contribution is 7.91. The van der Waals surface area contributed by atoms with Gasteiger partial charge in [0.1, 0.15) is 4.21 Å². The van der Waals surface area contributed by atoms with Gasteiger partial charge in [-0.05, 0) is 57.3 Å². The Morgan fingerprint density at radius 2 is 2.00 bits per heavy atom. The largest absolute Gasteiger partial charge is 0.326 e. The van der Waals surface area contributed by atoms with Gasteiger partial charge < -0.3 is 9.88 Å². The predicted octanol–water partition coefficient (Wildman–Crippen LogP) is 3.59. The monoisotopic (exact) mass is 462 g/mol.